The van der Waals surface area contributed by atoms with Gasteiger partial charge in [0.1, 0.15) is 18.4 Å². The van der Waals surface area contributed by atoms with Crippen molar-refractivity contribution in [1.82, 2.24) is 10.3 Å². The lowest BCUT2D eigenvalue weighted by molar-refractivity contribution is -0.140. The minimum Gasteiger partial charge on any atom is -0.459 e. The summed E-state index contributed by atoms with van der Waals surface area (Å²) in [6, 6.07) is 1.88. The van der Waals surface area contributed by atoms with E-state index in [-0.39, 0.29) is 24.6 Å². The van der Waals surface area contributed by atoms with Crippen molar-refractivity contribution in [3.05, 3.63) is 28.4 Å². The third kappa shape index (κ3) is 6.26. The van der Waals surface area contributed by atoms with Crippen molar-refractivity contribution in [2.45, 2.75) is 33.2 Å². The minimum absolute atomic E-state index is 0.0744. The third-order valence-corrected chi connectivity index (χ3v) is 3.71. The molecule has 1 aromatic rings. The fourth-order valence-corrected chi connectivity index (χ4v) is 2.24. The first-order valence-electron chi connectivity index (χ1n) is 7.65. The maximum absolute atomic E-state index is 12.0. The molecule has 1 aromatic heterocycles. The normalized spacial score (nSPS) is 11.8. The van der Waals surface area contributed by atoms with Crippen LogP contribution in [0.1, 0.15) is 38.3 Å². The predicted octanol–water partition coefficient (Wildman–Crippen LogP) is 2.57. The Kier molecular flexibility index (Phi) is 8.97. The Labute approximate surface area is 146 Å². The molecule has 0 spiro atoms. The van der Waals surface area contributed by atoms with Crippen molar-refractivity contribution < 1.29 is 18.7 Å². The third-order valence-electron chi connectivity index (χ3n) is 2.95. The summed E-state index contributed by atoms with van der Waals surface area (Å²) in [5.74, 6) is 0.853. The number of aromatic nitrogens is 1. The molecule has 7 nitrogen and oxygen atoms in total. The summed E-state index contributed by atoms with van der Waals surface area (Å²) in [4.78, 5) is 16.2. The molecule has 0 aliphatic carbocycles. The molecular formula is C16H23N3O4S. The molecule has 24 heavy (non-hydrogen) atoms. The Bertz CT molecular complexity index is 605. The Morgan fingerprint density at radius 3 is 2.79 bits per heavy atom. The number of oxazole rings is 1. The first-order valence-corrected chi connectivity index (χ1v) is 8.87. The molecular weight excluding hydrogens is 330 g/mol. The predicted molar refractivity (Wildman–Crippen MR) is 91.0 cm³/mol. The second-order valence-corrected chi connectivity index (χ2v) is 5.83. The molecule has 0 radical (unpaired) electrons. The number of rotatable bonds is 10. The molecule has 0 saturated heterocycles. The van der Waals surface area contributed by atoms with Crippen molar-refractivity contribution in [3.63, 3.8) is 0 Å². The standard InChI is InChI=1S/C16H23N3O4S/c1-5-21-6-7-22-16(20)12(8-17)15(24-4)19-10-14-18-9-13(23-14)11(2)3/h9,11,19H,5-7,10H2,1-4H3/b15-12+. The van der Waals surface area contributed by atoms with E-state index in [2.05, 4.69) is 10.3 Å². The van der Waals surface area contributed by atoms with Gasteiger partial charge in [-0.2, -0.15) is 5.26 Å². The Morgan fingerprint density at radius 2 is 2.25 bits per heavy atom. The number of esters is 1. The zero-order chi connectivity index (χ0) is 17.9. The first-order chi connectivity index (χ1) is 11.5. The molecule has 0 aromatic carbocycles. The lowest BCUT2D eigenvalue weighted by Crippen LogP contribution is -2.19. The van der Waals surface area contributed by atoms with E-state index in [1.54, 1.807) is 12.5 Å². The molecule has 0 fully saturated rings. The number of hydrogen-bond acceptors (Lipinski definition) is 8. The van der Waals surface area contributed by atoms with Crippen LogP contribution in [0.3, 0.4) is 0 Å². The van der Waals surface area contributed by atoms with Gasteiger partial charge in [0.25, 0.3) is 0 Å². The molecule has 132 valence electrons. The molecule has 1 heterocycles. The molecule has 8 heteroatoms. The van der Waals surface area contributed by atoms with Crippen LogP contribution in [0, 0.1) is 11.3 Å². The van der Waals surface area contributed by atoms with E-state index in [0.717, 1.165) is 5.76 Å². The van der Waals surface area contributed by atoms with Gasteiger partial charge in [-0.25, -0.2) is 9.78 Å². The zero-order valence-electron chi connectivity index (χ0n) is 14.4. The van der Waals surface area contributed by atoms with Gasteiger partial charge in [-0.1, -0.05) is 13.8 Å². The molecule has 0 atom stereocenters. The number of carbonyl (C=O) groups is 1. The maximum Gasteiger partial charge on any atom is 0.351 e. The van der Waals surface area contributed by atoms with Crippen molar-refractivity contribution in [3.8, 4) is 6.07 Å². The molecule has 0 bridgehead atoms. The van der Waals surface area contributed by atoms with Crippen LogP contribution in [0.5, 0.6) is 0 Å². The first kappa shape index (κ1) is 20.1. The van der Waals surface area contributed by atoms with Crippen LogP contribution in [0.15, 0.2) is 21.2 Å². The van der Waals surface area contributed by atoms with E-state index in [1.165, 1.54) is 11.8 Å². The van der Waals surface area contributed by atoms with Crippen LogP contribution in [-0.4, -0.2) is 37.0 Å². The molecule has 1 rings (SSSR count). The van der Waals surface area contributed by atoms with Crippen LogP contribution in [0.2, 0.25) is 0 Å². The molecule has 1 N–H and O–H groups in total. The SMILES string of the molecule is CCOCCOC(=O)/C(C#N)=C(\NCc1ncc(C(C)C)o1)SC. The highest BCUT2D eigenvalue weighted by molar-refractivity contribution is 8.02. The summed E-state index contributed by atoms with van der Waals surface area (Å²) in [5, 5.41) is 12.7. The van der Waals surface area contributed by atoms with Gasteiger partial charge in [0.2, 0.25) is 5.89 Å². The summed E-state index contributed by atoms with van der Waals surface area (Å²) in [6.07, 6.45) is 3.44. The molecule has 0 amide bonds. The van der Waals surface area contributed by atoms with Gasteiger partial charge in [0.05, 0.1) is 24.4 Å². The topological polar surface area (TPSA) is 97.4 Å². The van der Waals surface area contributed by atoms with E-state index >= 15 is 0 Å². The van der Waals surface area contributed by atoms with Crippen molar-refractivity contribution in [1.29, 1.82) is 5.26 Å². The summed E-state index contributed by atoms with van der Waals surface area (Å²) in [5.41, 5.74) is -0.0744. The highest BCUT2D eigenvalue weighted by Crippen LogP contribution is 2.18. The maximum atomic E-state index is 12.0. The van der Waals surface area contributed by atoms with Crippen LogP contribution in [-0.2, 0) is 20.8 Å². The lowest BCUT2D eigenvalue weighted by atomic mass is 10.2. The van der Waals surface area contributed by atoms with Gasteiger partial charge in [-0.05, 0) is 13.2 Å². The highest BCUT2D eigenvalue weighted by Gasteiger charge is 2.17. The monoisotopic (exact) mass is 353 g/mol. The van der Waals surface area contributed by atoms with E-state index in [9.17, 15) is 10.1 Å². The Balaban J connectivity index is 2.69. The zero-order valence-corrected chi connectivity index (χ0v) is 15.2. The number of nitrogens with one attached hydrogen (secondary N) is 1. The lowest BCUT2D eigenvalue weighted by Gasteiger charge is -2.10. The Hall–Kier alpha value is -1.98. The number of nitriles is 1. The number of carbonyl (C=O) groups excluding carboxylic acids is 1. The van der Waals surface area contributed by atoms with Gasteiger partial charge in [-0.15, -0.1) is 11.8 Å². The smallest absolute Gasteiger partial charge is 0.351 e. The molecule has 0 aliphatic heterocycles. The number of ether oxygens (including phenoxy) is 2. The van der Waals surface area contributed by atoms with Crippen LogP contribution < -0.4 is 5.32 Å². The molecule has 0 aliphatic rings. The van der Waals surface area contributed by atoms with Crippen LogP contribution in [0.4, 0.5) is 0 Å². The van der Waals surface area contributed by atoms with Crippen LogP contribution in [0.25, 0.3) is 0 Å². The Morgan fingerprint density at radius 1 is 1.50 bits per heavy atom. The average Bonchev–Trinajstić information content (AvgIpc) is 3.04. The fraction of sp³-hybridized carbons (Fsp3) is 0.562. The second-order valence-electron chi connectivity index (χ2n) is 5.02. The number of hydrogen-bond donors (Lipinski definition) is 1. The van der Waals surface area contributed by atoms with E-state index in [4.69, 9.17) is 13.9 Å². The molecule has 0 saturated carbocycles. The van der Waals surface area contributed by atoms with E-state index < -0.39 is 5.97 Å². The number of nitrogens with zero attached hydrogens (tertiary/aromatic N) is 2. The summed E-state index contributed by atoms with van der Waals surface area (Å²) < 4.78 is 15.7. The van der Waals surface area contributed by atoms with E-state index in [1.807, 2.05) is 26.8 Å². The summed E-state index contributed by atoms with van der Waals surface area (Å²) >= 11 is 1.25. The minimum atomic E-state index is -0.677. The van der Waals surface area contributed by atoms with Gasteiger partial charge in [-0.3, -0.25) is 0 Å². The highest BCUT2D eigenvalue weighted by atomic mass is 32.2. The largest absolute Gasteiger partial charge is 0.459 e. The van der Waals surface area contributed by atoms with Gasteiger partial charge in [0, 0.05) is 12.5 Å². The van der Waals surface area contributed by atoms with Gasteiger partial charge < -0.3 is 19.2 Å². The summed E-state index contributed by atoms with van der Waals surface area (Å²) in [6.45, 7) is 7.11. The van der Waals surface area contributed by atoms with Gasteiger partial charge >= 0.3 is 5.97 Å². The van der Waals surface area contributed by atoms with Crippen molar-refractivity contribution in [2.75, 3.05) is 26.1 Å². The second kappa shape index (κ2) is 10.7. The quantitative estimate of drug-likeness (QED) is 0.297. The van der Waals surface area contributed by atoms with Crippen molar-refractivity contribution >= 4 is 17.7 Å². The van der Waals surface area contributed by atoms with Crippen molar-refractivity contribution in [2.24, 2.45) is 0 Å². The average molecular weight is 353 g/mol. The summed E-state index contributed by atoms with van der Waals surface area (Å²) in [7, 11) is 0. The number of thioether (sulfide) groups is 1. The van der Waals surface area contributed by atoms with Crippen LogP contribution >= 0.6 is 11.8 Å². The van der Waals surface area contributed by atoms with Gasteiger partial charge in [0.15, 0.2) is 5.57 Å². The van der Waals surface area contributed by atoms with E-state index in [0.29, 0.717) is 24.1 Å². The fourth-order valence-electron chi connectivity index (χ4n) is 1.69. The molecule has 0 unspecified atom stereocenters.